The summed E-state index contributed by atoms with van der Waals surface area (Å²) in [7, 11) is 0. The van der Waals surface area contributed by atoms with E-state index in [0.717, 1.165) is 10.2 Å². The molecule has 0 saturated carbocycles. The highest BCUT2D eigenvalue weighted by Crippen LogP contribution is 2.35. The van der Waals surface area contributed by atoms with Crippen molar-refractivity contribution in [2.75, 3.05) is 11.1 Å². The van der Waals surface area contributed by atoms with Crippen LogP contribution in [-0.2, 0) is 17.5 Å². The van der Waals surface area contributed by atoms with Gasteiger partial charge in [0.15, 0.2) is 0 Å². The molecule has 0 unspecified atom stereocenters. The highest BCUT2D eigenvalue weighted by molar-refractivity contribution is 5.71. The van der Waals surface area contributed by atoms with Gasteiger partial charge < -0.3 is 15.8 Å². The van der Waals surface area contributed by atoms with E-state index < -0.39 is 29.1 Å². The van der Waals surface area contributed by atoms with Gasteiger partial charge in [0, 0.05) is 24.3 Å². The molecule has 0 aliphatic carbocycles. The third-order valence-corrected chi connectivity index (χ3v) is 4.72. The molecule has 0 aliphatic heterocycles. The predicted octanol–water partition coefficient (Wildman–Crippen LogP) is 4.71. The minimum atomic E-state index is -4.74. The predicted molar refractivity (Wildman–Crippen MR) is 125 cm³/mol. The van der Waals surface area contributed by atoms with Gasteiger partial charge in [-0.05, 0) is 44.5 Å². The highest BCUT2D eigenvalue weighted by atomic mass is 19.4. The molecule has 3 N–H and O–H groups in total. The molecule has 0 spiro atoms. The van der Waals surface area contributed by atoms with E-state index in [1.165, 1.54) is 18.5 Å². The number of rotatable bonds is 5. The first-order chi connectivity index (χ1) is 16.9. The Hall–Kier alpha value is -4.42. The van der Waals surface area contributed by atoms with Crippen LogP contribution in [-0.4, -0.2) is 41.2 Å². The zero-order valence-corrected chi connectivity index (χ0v) is 19.6. The van der Waals surface area contributed by atoms with Crippen LogP contribution in [0, 0.1) is 0 Å². The second kappa shape index (κ2) is 9.32. The smallest absolute Gasteiger partial charge is 0.435 e. The van der Waals surface area contributed by atoms with Gasteiger partial charge in [0.1, 0.15) is 22.6 Å². The number of anilines is 3. The number of nitrogens with two attached hydrogens (primary N) is 1. The third-order valence-electron chi connectivity index (χ3n) is 4.72. The number of nitrogen functional groups attached to an aromatic ring is 1. The lowest BCUT2D eigenvalue weighted by atomic mass is 10.2. The van der Waals surface area contributed by atoms with Crippen molar-refractivity contribution in [2.45, 2.75) is 39.1 Å². The number of aromatic nitrogens is 6. The summed E-state index contributed by atoms with van der Waals surface area (Å²) in [4.78, 5) is 20.1. The number of hydrogen-bond acceptors (Lipinski definition) is 8. The molecule has 3 aromatic heterocycles. The number of benzene rings is 1. The molecule has 36 heavy (non-hydrogen) atoms. The molecule has 0 atom stereocenters. The fourth-order valence-electron chi connectivity index (χ4n) is 3.16. The van der Waals surface area contributed by atoms with Gasteiger partial charge in [0.2, 0.25) is 5.95 Å². The summed E-state index contributed by atoms with van der Waals surface area (Å²) in [5, 5.41) is 11.0. The SMILES string of the molecule is CC(C)(C)OC(=O)n1ccc(-c2nc(Nc3cnn(Cc4ccc(N)cc4)c3)ncc2C(F)(F)F)n1. The molecule has 188 valence electrons. The van der Waals surface area contributed by atoms with Crippen molar-refractivity contribution in [1.29, 1.82) is 0 Å². The molecule has 0 bridgehead atoms. The molecule has 4 rings (SSSR count). The van der Waals surface area contributed by atoms with E-state index in [1.807, 2.05) is 12.1 Å². The minimum Gasteiger partial charge on any atom is -0.442 e. The summed E-state index contributed by atoms with van der Waals surface area (Å²) in [6, 6.07) is 8.53. The van der Waals surface area contributed by atoms with Gasteiger partial charge in [-0.15, -0.1) is 0 Å². The standard InChI is InChI=1S/C23H23F3N8O2/c1-22(2,3)36-21(35)34-9-8-18(32-34)19-17(23(24,25)26)11-28-20(31-19)30-16-10-29-33(13-16)12-14-4-6-15(27)7-5-14/h4-11,13H,12,27H2,1-3H3,(H,28,30,31). The van der Waals surface area contributed by atoms with Gasteiger partial charge in [-0.3, -0.25) is 4.68 Å². The van der Waals surface area contributed by atoms with Crippen molar-refractivity contribution in [3.63, 3.8) is 0 Å². The van der Waals surface area contributed by atoms with Gasteiger partial charge in [0.25, 0.3) is 0 Å². The fourth-order valence-corrected chi connectivity index (χ4v) is 3.16. The molecule has 0 fully saturated rings. The van der Waals surface area contributed by atoms with Crippen LogP contribution in [0.1, 0.15) is 31.9 Å². The van der Waals surface area contributed by atoms with E-state index in [2.05, 4.69) is 25.5 Å². The normalized spacial score (nSPS) is 11.9. The van der Waals surface area contributed by atoms with Crippen LogP contribution in [0.25, 0.3) is 11.4 Å². The highest BCUT2D eigenvalue weighted by Gasteiger charge is 2.36. The quantitative estimate of drug-likeness (QED) is 0.377. The summed E-state index contributed by atoms with van der Waals surface area (Å²) in [6.45, 7) is 5.45. The van der Waals surface area contributed by atoms with Crippen LogP contribution in [0.15, 0.2) is 55.1 Å². The van der Waals surface area contributed by atoms with Crippen molar-refractivity contribution < 1.29 is 22.7 Å². The zero-order chi connectivity index (χ0) is 26.1. The summed E-state index contributed by atoms with van der Waals surface area (Å²) in [6.07, 6.45) is -0.546. The van der Waals surface area contributed by atoms with Gasteiger partial charge in [-0.1, -0.05) is 12.1 Å². The maximum Gasteiger partial charge on any atom is 0.435 e. The Morgan fingerprint density at radius 3 is 2.50 bits per heavy atom. The molecular weight excluding hydrogens is 477 g/mol. The Balaban J connectivity index is 1.58. The number of carbonyl (C=O) groups excluding carboxylic acids is 1. The van der Waals surface area contributed by atoms with Crippen LogP contribution in [0.4, 0.5) is 35.3 Å². The van der Waals surface area contributed by atoms with E-state index in [0.29, 0.717) is 24.1 Å². The first-order valence-electron chi connectivity index (χ1n) is 10.7. The van der Waals surface area contributed by atoms with Crippen LogP contribution in [0.3, 0.4) is 0 Å². The second-order valence-corrected chi connectivity index (χ2v) is 8.87. The third kappa shape index (κ3) is 5.98. The van der Waals surface area contributed by atoms with Crippen molar-refractivity contribution >= 4 is 23.4 Å². The minimum absolute atomic E-state index is 0.100. The Morgan fingerprint density at radius 2 is 1.83 bits per heavy atom. The number of hydrogen-bond donors (Lipinski definition) is 2. The number of ether oxygens (including phenoxy) is 1. The number of alkyl halides is 3. The van der Waals surface area contributed by atoms with Gasteiger partial charge in [0.05, 0.1) is 18.4 Å². The molecular formula is C23H23F3N8O2. The summed E-state index contributed by atoms with van der Waals surface area (Å²) >= 11 is 0. The Morgan fingerprint density at radius 1 is 1.11 bits per heavy atom. The van der Waals surface area contributed by atoms with Crippen molar-refractivity contribution in [1.82, 2.24) is 29.5 Å². The second-order valence-electron chi connectivity index (χ2n) is 8.87. The van der Waals surface area contributed by atoms with Gasteiger partial charge in [-0.25, -0.2) is 14.8 Å². The lowest BCUT2D eigenvalue weighted by molar-refractivity contribution is -0.137. The largest absolute Gasteiger partial charge is 0.442 e. The first-order valence-corrected chi connectivity index (χ1v) is 10.7. The molecule has 0 aliphatic rings. The zero-order valence-electron chi connectivity index (χ0n) is 19.6. The molecule has 1 aromatic carbocycles. The number of nitrogens with one attached hydrogen (secondary N) is 1. The first kappa shape index (κ1) is 24.7. The van der Waals surface area contributed by atoms with Gasteiger partial charge in [-0.2, -0.15) is 28.1 Å². The fraction of sp³-hybridized carbons (Fsp3) is 0.261. The molecule has 10 nitrogen and oxygen atoms in total. The number of nitrogens with zero attached hydrogens (tertiary/aromatic N) is 6. The topological polar surface area (TPSA) is 126 Å². The van der Waals surface area contributed by atoms with E-state index in [1.54, 1.807) is 43.8 Å². The number of carbonyl (C=O) groups is 1. The maximum absolute atomic E-state index is 13.7. The summed E-state index contributed by atoms with van der Waals surface area (Å²) in [5.41, 5.74) is 5.22. The lowest BCUT2D eigenvalue weighted by Gasteiger charge is -2.18. The summed E-state index contributed by atoms with van der Waals surface area (Å²) < 4.78 is 48.7. The van der Waals surface area contributed by atoms with Crippen LogP contribution >= 0.6 is 0 Å². The molecule has 13 heteroatoms. The Kier molecular flexibility index (Phi) is 6.39. The Bertz CT molecular complexity index is 1370. The van der Waals surface area contributed by atoms with Crippen LogP contribution < -0.4 is 11.1 Å². The monoisotopic (exact) mass is 500 g/mol. The molecule has 0 saturated heterocycles. The Labute approximate surface area is 203 Å². The molecule has 3 heterocycles. The molecule has 4 aromatic rings. The maximum atomic E-state index is 13.7. The van der Waals surface area contributed by atoms with E-state index in [-0.39, 0.29) is 11.6 Å². The van der Waals surface area contributed by atoms with Crippen LogP contribution in [0.2, 0.25) is 0 Å². The van der Waals surface area contributed by atoms with Gasteiger partial charge >= 0.3 is 12.3 Å². The van der Waals surface area contributed by atoms with E-state index in [9.17, 15) is 18.0 Å². The van der Waals surface area contributed by atoms with E-state index in [4.69, 9.17) is 10.5 Å². The molecule has 0 radical (unpaired) electrons. The summed E-state index contributed by atoms with van der Waals surface area (Å²) in [5.74, 6) is -0.100. The average molecular weight is 500 g/mol. The van der Waals surface area contributed by atoms with Crippen molar-refractivity contribution in [2.24, 2.45) is 0 Å². The average Bonchev–Trinajstić information content (AvgIpc) is 3.43. The molecule has 0 amide bonds. The van der Waals surface area contributed by atoms with Crippen molar-refractivity contribution in [3.8, 4) is 11.4 Å². The lowest BCUT2D eigenvalue weighted by Crippen LogP contribution is -2.27. The van der Waals surface area contributed by atoms with E-state index >= 15 is 0 Å². The number of halogens is 3. The van der Waals surface area contributed by atoms with Crippen LogP contribution in [0.5, 0.6) is 0 Å². The van der Waals surface area contributed by atoms with Crippen molar-refractivity contribution in [3.05, 3.63) is 66.2 Å².